The molecule has 3 N–H and O–H groups in total. The predicted molar refractivity (Wildman–Crippen MR) is 63.3 cm³/mol. The summed E-state index contributed by atoms with van der Waals surface area (Å²) >= 11 is 0. The van der Waals surface area contributed by atoms with Gasteiger partial charge in [-0.15, -0.1) is 0 Å². The number of nitrogens with two attached hydrogens (primary N) is 1. The van der Waals surface area contributed by atoms with Crippen LogP contribution in [0.25, 0.3) is 0 Å². The van der Waals surface area contributed by atoms with Crippen LogP contribution in [0.2, 0.25) is 0 Å². The van der Waals surface area contributed by atoms with E-state index in [4.69, 9.17) is 10.5 Å². The molecule has 0 amide bonds. The van der Waals surface area contributed by atoms with Gasteiger partial charge in [0, 0.05) is 19.2 Å². The van der Waals surface area contributed by atoms with Crippen molar-refractivity contribution in [2.45, 2.75) is 31.8 Å². The summed E-state index contributed by atoms with van der Waals surface area (Å²) in [5.74, 6) is 1.33. The molecule has 0 atom stereocenters. The Labute approximate surface area is 95.4 Å². The van der Waals surface area contributed by atoms with Gasteiger partial charge in [-0.05, 0) is 26.2 Å². The van der Waals surface area contributed by atoms with Crippen LogP contribution in [0, 0.1) is 6.92 Å². The summed E-state index contributed by atoms with van der Waals surface area (Å²) in [7, 11) is 1.77. The predicted octanol–water partition coefficient (Wildman–Crippen LogP) is 1.35. The number of hydrogen-bond acceptors (Lipinski definition) is 5. The molecule has 1 fully saturated rings. The maximum absolute atomic E-state index is 5.72. The van der Waals surface area contributed by atoms with E-state index in [1.165, 1.54) is 12.7 Å². The molecule has 1 heterocycles. The van der Waals surface area contributed by atoms with Crippen LogP contribution in [0.1, 0.15) is 24.8 Å². The lowest BCUT2D eigenvalue weighted by molar-refractivity contribution is -0.0601. The number of rotatable bonds is 4. The van der Waals surface area contributed by atoms with Crippen molar-refractivity contribution >= 4 is 11.6 Å². The van der Waals surface area contributed by atoms with Crippen LogP contribution in [-0.4, -0.2) is 29.2 Å². The molecule has 2 rings (SSSR count). The van der Waals surface area contributed by atoms with Gasteiger partial charge in [0.2, 0.25) is 0 Å². The molecule has 0 unspecified atom stereocenters. The highest BCUT2D eigenvalue weighted by atomic mass is 16.5. The van der Waals surface area contributed by atoms with E-state index in [0.29, 0.717) is 5.82 Å². The number of nitrogens with one attached hydrogen (secondary N) is 1. The fourth-order valence-electron chi connectivity index (χ4n) is 1.91. The van der Waals surface area contributed by atoms with Gasteiger partial charge in [-0.1, -0.05) is 0 Å². The Kier molecular flexibility index (Phi) is 2.96. The van der Waals surface area contributed by atoms with Crippen molar-refractivity contribution in [1.82, 2.24) is 9.97 Å². The molecular weight excluding hydrogens is 204 g/mol. The van der Waals surface area contributed by atoms with E-state index in [-0.39, 0.29) is 5.60 Å². The molecule has 16 heavy (non-hydrogen) atoms. The summed E-state index contributed by atoms with van der Waals surface area (Å²) in [5.41, 5.74) is 6.61. The zero-order valence-electron chi connectivity index (χ0n) is 9.79. The van der Waals surface area contributed by atoms with E-state index in [9.17, 15) is 0 Å². The zero-order chi connectivity index (χ0) is 11.6. The minimum Gasteiger partial charge on any atom is -0.383 e. The minimum absolute atomic E-state index is 0.00779. The van der Waals surface area contributed by atoms with Gasteiger partial charge in [-0.2, -0.15) is 0 Å². The molecular formula is C11H18N4O. The molecule has 5 nitrogen and oxygen atoms in total. The van der Waals surface area contributed by atoms with Crippen LogP contribution >= 0.6 is 0 Å². The summed E-state index contributed by atoms with van der Waals surface area (Å²) < 4.78 is 5.53. The zero-order valence-corrected chi connectivity index (χ0v) is 9.79. The van der Waals surface area contributed by atoms with Crippen LogP contribution in [0.15, 0.2) is 6.33 Å². The molecule has 1 aliphatic rings. The highest BCUT2D eigenvalue weighted by Gasteiger charge is 2.36. The lowest BCUT2D eigenvalue weighted by atomic mass is 9.80. The van der Waals surface area contributed by atoms with Crippen molar-refractivity contribution in [1.29, 1.82) is 0 Å². The Morgan fingerprint density at radius 1 is 1.50 bits per heavy atom. The van der Waals surface area contributed by atoms with E-state index in [2.05, 4.69) is 15.3 Å². The standard InChI is InChI=1S/C11H18N4O/c1-8-9(12)14-7-15-10(8)13-6-11(16-2)4-3-5-11/h7H,3-6H2,1-2H3,(H3,12,13,14,15). The Balaban J connectivity index is 2.02. The molecule has 88 valence electrons. The average Bonchev–Trinajstić information content (AvgIpc) is 2.23. The second-order valence-corrected chi connectivity index (χ2v) is 4.33. The van der Waals surface area contributed by atoms with E-state index < -0.39 is 0 Å². The summed E-state index contributed by atoms with van der Waals surface area (Å²) in [6.07, 6.45) is 4.93. The van der Waals surface area contributed by atoms with Gasteiger partial charge in [-0.3, -0.25) is 0 Å². The third kappa shape index (κ3) is 1.95. The summed E-state index contributed by atoms with van der Waals surface area (Å²) in [4.78, 5) is 8.11. The Bertz CT molecular complexity index is 371. The molecule has 0 aromatic carbocycles. The fourth-order valence-corrected chi connectivity index (χ4v) is 1.91. The molecule has 1 aliphatic carbocycles. The Hall–Kier alpha value is -1.36. The average molecular weight is 222 g/mol. The van der Waals surface area contributed by atoms with Gasteiger partial charge in [0.15, 0.2) is 0 Å². The van der Waals surface area contributed by atoms with E-state index in [1.807, 2.05) is 6.92 Å². The number of hydrogen-bond donors (Lipinski definition) is 2. The second-order valence-electron chi connectivity index (χ2n) is 4.33. The maximum Gasteiger partial charge on any atom is 0.134 e. The molecule has 0 saturated heterocycles. The normalized spacial score (nSPS) is 17.9. The number of methoxy groups -OCH3 is 1. The first-order chi connectivity index (χ1) is 7.67. The van der Waals surface area contributed by atoms with Crippen LogP contribution in [-0.2, 0) is 4.74 Å². The lowest BCUT2D eigenvalue weighted by Crippen LogP contribution is -2.45. The Morgan fingerprint density at radius 3 is 2.81 bits per heavy atom. The first-order valence-corrected chi connectivity index (χ1v) is 5.53. The number of anilines is 2. The first kappa shape index (κ1) is 11.1. The van der Waals surface area contributed by atoms with Gasteiger partial charge >= 0.3 is 0 Å². The van der Waals surface area contributed by atoms with Crippen LogP contribution in [0.5, 0.6) is 0 Å². The smallest absolute Gasteiger partial charge is 0.134 e. The van der Waals surface area contributed by atoms with Crippen LogP contribution < -0.4 is 11.1 Å². The molecule has 1 aromatic heterocycles. The van der Waals surface area contributed by atoms with Crippen molar-refractivity contribution in [3.8, 4) is 0 Å². The number of aromatic nitrogens is 2. The van der Waals surface area contributed by atoms with Crippen LogP contribution in [0.3, 0.4) is 0 Å². The molecule has 1 saturated carbocycles. The van der Waals surface area contributed by atoms with E-state index >= 15 is 0 Å². The number of ether oxygens (including phenoxy) is 1. The second kappa shape index (κ2) is 4.25. The number of nitrogens with zero attached hydrogens (tertiary/aromatic N) is 2. The lowest BCUT2D eigenvalue weighted by Gasteiger charge is -2.40. The van der Waals surface area contributed by atoms with Crippen LogP contribution in [0.4, 0.5) is 11.6 Å². The first-order valence-electron chi connectivity index (χ1n) is 5.53. The monoisotopic (exact) mass is 222 g/mol. The third-order valence-electron chi connectivity index (χ3n) is 3.40. The molecule has 5 heteroatoms. The van der Waals surface area contributed by atoms with Crippen molar-refractivity contribution in [2.24, 2.45) is 0 Å². The summed E-state index contributed by atoms with van der Waals surface area (Å²) in [6.45, 7) is 2.69. The molecule has 0 radical (unpaired) electrons. The van der Waals surface area contributed by atoms with Crippen molar-refractivity contribution < 1.29 is 4.74 Å². The van der Waals surface area contributed by atoms with Crippen molar-refractivity contribution in [3.05, 3.63) is 11.9 Å². The Morgan fingerprint density at radius 2 is 2.25 bits per heavy atom. The van der Waals surface area contributed by atoms with Crippen molar-refractivity contribution in [2.75, 3.05) is 24.7 Å². The SMILES string of the molecule is COC1(CNc2ncnc(N)c2C)CCC1. The van der Waals surface area contributed by atoms with Gasteiger partial charge < -0.3 is 15.8 Å². The van der Waals surface area contributed by atoms with Gasteiger partial charge in [0.05, 0.1) is 5.60 Å². The topological polar surface area (TPSA) is 73.1 Å². The fraction of sp³-hybridized carbons (Fsp3) is 0.636. The number of nitrogen functional groups attached to an aromatic ring is 1. The molecule has 0 spiro atoms. The molecule has 1 aromatic rings. The van der Waals surface area contributed by atoms with Gasteiger partial charge in [-0.25, -0.2) is 9.97 Å². The summed E-state index contributed by atoms with van der Waals surface area (Å²) in [5, 5.41) is 3.29. The highest BCUT2D eigenvalue weighted by Crippen LogP contribution is 2.35. The largest absolute Gasteiger partial charge is 0.383 e. The minimum atomic E-state index is -0.00779. The summed E-state index contributed by atoms with van der Waals surface area (Å²) in [6, 6.07) is 0. The van der Waals surface area contributed by atoms with E-state index in [0.717, 1.165) is 30.8 Å². The quantitative estimate of drug-likeness (QED) is 0.804. The van der Waals surface area contributed by atoms with Gasteiger partial charge in [0.25, 0.3) is 0 Å². The van der Waals surface area contributed by atoms with Gasteiger partial charge in [0.1, 0.15) is 18.0 Å². The van der Waals surface area contributed by atoms with E-state index in [1.54, 1.807) is 7.11 Å². The highest BCUT2D eigenvalue weighted by molar-refractivity contribution is 5.53. The van der Waals surface area contributed by atoms with Crippen molar-refractivity contribution in [3.63, 3.8) is 0 Å². The molecule has 0 bridgehead atoms. The third-order valence-corrected chi connectivity index (χ3v) is 3.40. The maximum atomic E-state index is 5.72. The molecule has 0 aliphatic heterocycles.